The lowest BCUT2D eigenvalue weighted by molar-refractivity contribution is 0.256. The summed E-state index contributed by atoms with van der Waals surface area (Å²) in [6.07, 6.45) is 4.43. The number of piperidine rings is 1. The van der Waals surface area contributed by atoms with Crippen molar-refractivity contribution in [2.24, 2.45) is 9.98 Å². The zero-order valence-corrected chi connectivity index (χ0v) is 17.6. The predicted octanol–water partition coefficient (Wildman–Crippen LogP) is 6.80. The molecule has 1 fully saturated rings. The van der Waals surface area contributed by atoms with Crippen LogP contribution < -0.4 is 0 Å². The Kier molecular flexibility index (Phi) is 6.71. The van der Waals surface area contributed by atoms with Crippen LogP contribution in [0.15, 0.2) is 101 Å². The SMILES string of the molecule is CC1CCCCN1C(CC(=Nc1ccccc1)c1ccccc1)=Nc1ccccc1. The summed E-state index contributed by atoms with van der Waals surface area (Å²) < 4.78 is 0. The van der Waals surface area contributed by atoms with E-state index in [4.69, 9.17) is 9.98 Å². The van der Waals surface area contributed by atoms with Gasteiger partial charge in [-0.1, -0.05) is 66.7 Å². The second kappa shape index (κ2) is 10.0. The first-order valence-corrected chi connectivity index (χ1v) is 10.9. The van der Waals surface area contributed by atoms with Gasteiger partial charge in [-0.25, -0.2) is 4.99 Å². The topological polar surface area (TPSA) is 28.0 Å². The van der Waals surface area contributed by atoms with Crippen LogP contribution in [0.5, 0.6) is 0 Å². The maximum absolute atomic E-state index is 5.10. The fourth-order valence-electron chi connectivity index (χ4n) is 3.98. The normalized spacial score (nSPS) is 17.8. The molecule has 30 heavy (non-hydrogen) atoms. The van der Waals surface area contributed by atoms with Crippen molar-refractivity contribution in [1.82, 2.24) is 4.90 Å². The van der Waals surface area contributed by atoms with Gasteiger partial charge in [0.2, 0.25) is 0 Å². The molecule has 1 saturated heterocycles. The Labute approximate surface area is 179 Å². The second-order valence-electron chi connectivity index (χ2n) is 7.84. The third kappa shape index (κ3) is 5.24. The summed E-state index contributed by atoms with van der Waals surface area (Å²) in [6, 6.07) is 31.5. The van der Waals surface area contributed by atoms with Crippen molar-refractivity contribution in [2.75, 3.05) is 6.54 Å². The molecule has 3 aromatic rings. The fourth-order valence-corrected chi connectivity index (χ4v) is 3.98. The van der Waals surface area contributed by atoms with E-state index in [-0.39, 0.29) is 0 Å². The largest absolute Gasteiger partial charge is 0.357 e. The number of nitrogens with zero attached hydrogens (tertiary/aromatic N) is 3. The van der Waals surface area contributed by atoms with Crippen LogP contribution >= 0.6 is 0 Å². The molecule has 0 saturated carbocycles. The monoisotopic (exact) mass is 395 g/mol. The van der Waals surface area contributed by atoms with Crippen molar-refractivity contribution < 1.29 is 0 Å². The van der Waals surface area contributed by atoms with Gasteiger partial charge < -0.3 is 4.90 Å². The summed E-state index contributed by atoms with van der Waals surface area (Å²) in [4.78, 5) is 12.6. The van der Waals surface area contributed by atoms with Gasteiger partial charge >= 0.3 is 0 Å². The Hall–Kier alpha value is -3.20. The van der Waals surface area contributed by atoms with E-state index in [9.17, 15) is 0 Å². The van der Waals surface area contributed by atoms with Crippen LogP contribution in [0.1, 0.15) is 38.2 Å². The van der Waals surface area contributed by atoms with Crippen molar-refractivity contribution in [3.05, 3.63) is 96.6 Å². The van der Waals surface area contributed by atoms with E-state index in [0.29, 0.717) is 12.5 Å². The smallest absolute Gasteiger partial charge is 0.111 e. The highest BCUT2D eigenvalue weighted by atomic mass is 15.2. The molecule has 152 valence electrons. The maximum Gasteiger partial charge on any atom is 0.111 e. The van der Waals surface area contributed by atoms with Gasteiger partial charge in [0.25, 0.3) is 0 Å². The Morgan fingerprint density at radius 2 is 1.33 bits per heavy atom. The Morgan fingerprint density at radius 1 is 0.767 bits per heavy atom. The van der Waals surface area contributed by atoms with E-state index in [2.05, 4.69) is 66.4 Å². The number of amidine groups is 1. The average molecular weight is 396 g/mol. The van der Waals surface area contributed by atoms with E-state index in [1.54, 1.807) is 0 Å². The van der Waals surface area contributed by atoms with Crippen LogP contribution in [-0.2, 0) is 0 Å². The van der Waals surface area contributed by atoms with Gasteiger partial charge in [0.1, 0.15) is 5.84 Å². The van der Waals surface area contributed by atoms with Crippen molar-refractivity contribution >= 4 is 22.9 Å². The van der Waals surface area contributed by atoms with Gasteiger partial charge in [0.15, 0.2) is 0 Å². The number of para-hydroxylation sites is 2. The number of benzene rings is 3. The fraction of sp³-hybridized carbons (Fsp3) is 0.259. The molecule has 0 aliphatic carbocycles. The molecule has 0 aromatic heterocycles. The molecule has 0 radical (unpaired) electrons. The van der Waals surface area contributed by atoms with Gasteiger partial charge in [-0.2, -0.15) is 0 Å². The Morgan fingerprint density at radius 3 is 1.93 bits per heavy atom. The molecule has 1 aliphatic rings. The number of rotatable bonds is 5. The summed E-state index contributed by atoms with van der Waals surface area (Å²) >= 11 is 0. The lowest BCUT2D eigenvalue weighted by Crippen LogP contribution is -2.42. The summed E-state index contributed by atoms with van der Waals surface area (Å²) in [5.74, 6) is 1.10. The van der Waals surface area contributed by atoms with Crippen LogP contribution in [0.25, 0.3) is 0 Å². The highest BCUT2D eigenvalue weighted by Crippen LogP contribution is 2.23. The predicted molar refractivity (Wildman–Crippen MR) is 127 cm³/mol. The molecule has 1 aliphatic heterocycles. The molecule has 3 heteroatoms. The molecule has 3 nitrogen and oxygen atoms in total. The number of aliphatic imine (C=N–C) groups is 2. The second-order valence-corrected chi connectivity index (χ2v) is 7.84. The van der Waals surface area contributed by atoms with Crippen LogP contribution in [0, 0.1) is 0 Å². The van der Waals surface area contributed by atoms with E-state index in [1.807, 2.05) is 36.4 Å². The first-order chi connectivity index (χ1) is 14.8. The molecule has 4 rings (SSSR count). The summed E-state index contributed by atoms with van der Waals surface area (Å²) in [6.45, 7) is 3.37. The first kappa shape index (κ1) is 20.1. The molecule has 1 heterocycles. The van der Waals surface area contributed by atoms with Crippen molar-refractivity contribution in [3.8, 4) is 0 Å². The van der Waals surface area contributed by atoms with E-state index >= 15 is 0 Å². The van der Waals surface area contributed by atoms with Crippen molar-refractivity contribution in [2.45, 2.75) is 38.6 Å². The highest BCUT2D eigenvalue weighted by Gasteiger charge is 2.23. The molecular formula is C27H29N3. The summed E-state index contributed by atoms with van der Waals surface area (Å²) in [7, 11) is 0. The molecule has 1 atom stereocenters. The van der Waals surface area contributed by atoms with Crippen molar-refractivity contribution in [3.63, 3.8) is 0 Å². The molecule has 0 N–H and O–H groups in total. The Balaban J connectivity index is 1.74. The van der Waals surface area contributed by atoms with Crippen LogP contribution in [0.3, 0.4) is 0 Å². The third-order valence-corrected chi connectivity index (χ3v) is 5.60. The number of hydrogen-bond acceptors (Lipinski definition) is 2. The van der Waals surface area contributed by atoms with Gasteiger partial charge in [-0.3, -0.25) is 4.99 Å². The van der Waals surface area contributed by atoms with Gasteiger partial charge in [0, 0.05) is 19.0 Å². The number of hydrogen-bond donors (Lipinski definition) is 0. The molecular weight excluding hydrogens is 366 g/mol. The molecule has 0 bridgehead atoms. The van der Waals surface area contributed by atoms with Crippen LogP contribution in [0.2, 0.25) is 0 Å². The average Bonchev–Trinajstić information content (AvgIpc) is 2.80. The van der Waals surface area contributed by atoms with Gasteiger partial charge in [0.05, 0.1) is 17.1 Å². The lowest BCUT2D eigenvalue weighted by Gasteiger charge is -2.36. The number of likely N-dealkylation sites (tertiary alicyclic amines) is 1. The third-order valence-electron chi connectivity index (χ3n) is 5.60. The van der Waals surface area contributed by atoms with E-state index in [1.165, 1.54) is 19.3 Å². The minimum atomic E-state index is 0.495. The molecule has 1 unspecified atom stereocenters. The minimum Gasteiger partial charge on any atom is -0.357 e. The van der Waals surface area contributed by atoms with Crippen LogP contribution in [0.4, 0.5) is 11.4 Å². The van der Waals surface area contributed by atoms with Crippen LogP contribution in [-0.4, -0.2) is 29.0 Å². The zero-order valence-electron chi connectivity index (χ0n) is 17.6. The maximum atomic E-state index is 5.10. The highest BCUT2D eigenvalue weighted by molar-refractivity contribution is 6.13. The standard InChI is InChI=1S/C27H29N3/c1-22-13-11-12-20-30(22)27(29-25-18-9-4-10-19-25)21-26(23-14-5-2-6-15-23)28-24-16-7-3-8-17-24/h2-10,14-19,22H,11-13,20-21H2,1H3. The van der Waals surface area contributed by atoms with Gasteiger partial charge in [-0.05, 0) is 56.0 Å². The van der Waals surface area contributed by atoms with Crippen molar-refractivity contribution in [1.29, 1.82) is 0 Å². The quantitative estimate of drug-likeness (QED) is 0.345. The lowest BCUT2D eigenvalue weighted by atomic mass is 10.0. The summed E-state index contributed by atoms with van der Waals surface area (Å²) in [5.41, 5.74) is 4.17. The minimum absolute atomic E-state index is 0.495. The molecule has 3 aromatic carbocycles. The van der Waals surface area contributed by atoms with Gasteiger partial charge in [-0.15, -0.1) is 0 Å². The zero-order chi connectivity index (χ0) is 20.6. The first-order valence-electron chi connectivity index (χ1n) is 10.9. The molecule has 0 spiro atoms. The summed E-state index contributed by atoms with van der Waals surface area (Å²) in [5, 5.41) is 0. The molecule has 0 amide bonds. The van der Waals surface area contributed by atoms with E-state index in [0.717, 1.165) is 35.0 Å². The Bertz CT molecular complexity index is 978. The van der Waals surface area contributed by atoms with E-state index < -0.39 is 0 Å².